The number of thiophene rings is 1. The zero-order valence-electron chi connectivity index (χ0n) is 26.9. The van der Waals surface area contributed by atoms with Gasteiger partial charge in [0, 0.05) is 41.8 Å². The standard InChI is InChI=1S/C17H15N3O2S.C11H13F3.C7H16O/c1-11(21)13-10-23-15-9-19(7-5-12(13)15)17(22)14-8-18-16-4-2-3-6-20(14)16;1-3-8-5-6-9(4-2)10(7-8)11(12,13)14;1-3-5-7-8-6-4-2/h2-4,6,8,10H,5,7,9H2,1H3;5-7H,3-4H2,1-2H3;3-7H2,1-2H3. The van der Waals surface area contributed by atoms with Gasteiger partial charge in [-0.2, -0.15) is 13.2 Å². The van der Waals surface area contributed by atoms with Crippen LogP contribution in [0.15, 0.2) is 54.2 Å². The topological polar surface area (TPSA) is 63.9 Å². The summed E-state index contributed by atoms with van der Waals surface area (Å²) in [6, 6.07) is 10.2. The third-order valence-corrected chi connectivity index (χ3v) is 8.52. The molecule has 10 heteroatoms. The Morgan fingerprint density at radius 2 is 1.80 bits per heavy atom. The number of benzene rings is 1. The number of unbranched alkanes of at least 4 members (excludes halogenated alkanes) is 1. The molecule has 1 aliphatic heterocycles. The fraction of sp³-hybridized carbons (Fsp3) is 0.457. The van der Waals surface area contributed by atoms with E-state index in [-0.39, 0.29) is 11.7 Å². The minimum Gasteiger partial charge on any atom is -0.381 e. The van der Waals surface area contributed by atoms with E-state index in [1.807, 2.05) is 46.0 Å². The van der Waals surface area contributed by atoms with Gasteiger partial charge in [-0.3, -0.25) is 14.0 Å². The molecule has 0 fully saturated rings. The van der Waals surface area contributed by atoms with Gasteiger partial charge in [0.15, 0.2) is 5.78 Å². The molecule has 6 nitrogen and oxygen atoms in total. The predicted molar refractivity (Wildman–Crippen MR) is 174 cm³/mol. The van der Waals surface area contributed by atoms with Crippen LogP contribution in [0.1, 0.15) is 102 Å². The number of carbonyl (C=O) groups excluding carboxylic acids is 2. The Hall–Kier alpha value is -3.50. The monoisotopic (exact) mass is 643 g/mol. The van der Waals surface area contributed by atoms with Gasteiger partial charge in [-0.05, 0) is 73.9 Å². The lowest BCUT2D eigenvalue weighted by Gasteiger charge is -2.27. The summed E-state index contributed by atoms with van der Waals surface area (Å²) >= 11 is 1.57. The van der Waals surface area contributed by atoms with Crippen molar-refractivity contribution < 1.29 is 27.5 Å². The van der Waals surface area contributed by atoms with Crippen molar-refractivity contribution in [3.63, 3.8) is 0 Å². The fourth-order valence-corrected chi connectivity index (χ4v) is 6.11. The molecule has 3 aromatic heterocycles. The molecule has 0 unspecified atom stereocenters. The molecule has 0 N–H and O–H groups in total. The molecular formula is C35H44F3N3O3S. The minimum atomic E-state index is -4.23. The SMILES string of the molecule is CC(=O)c1csc2c1CCN(C(=O)c1cnc3ccccn13)C2.CCCCOCCC.CCc1ccc(CC)c(C(F)(F)F)c1. The second-order valence-corrected chi connectivity index (χ2v) is 11.8. The number of hydrogen-bond acceptors (Lipinski definition) is 5. The third-order valence-electron chi connectivity index (χ3n) is 7.51. The molecule has 1 aromatic carbocycles. The van der Waals surface area contributed by atoms with Gasteiger partial charge in [-0.1, -0.05) is 52.3 Å². The zero-order chi connectivity index (χ0) is 33.0. The van der Waals surface area contributed by atoms with Crippen LogP contribution in [0.25, 0.3) is 5.65 Å². The molecule has 0 radical (unpaired) electrons. The number of Topliss-reactive ketones (excluding diaryl/α,β-unsaturated/α-hetero) is 1. The number of amides is 1. The molecule has 1 amide bonds. The number of hydrogen-bond donors (Lipinski definition) is 0. The molecule has 45 heavy (non-hydrogen) atoms. The van der Waals surface area contributed by atoms with Crippen molar-refractivity contribution >= 4 is 28.7 Å². The lowest BCUT2D eigenvalue weighted by Crippen LogP contribution is -2.36. The highest BCUT2D eigenvalue weighted by Crippen LogP contribution is 2.33. The summed E-state index contributed by atoms with van der Waals surface area (Å²) in [7, 11) is 0. The van der Waals surface area contributed by atoms with Crippen molar-refractivity contribution in [2.24, 2.45) is 0 Å². The number of ether oxygens (including phenoxy) is 1. The molecule has 0 saturated heterocycles. The number of aromatic nitrogens is 2. The Morgan fingerprint density at radius 3 is 2.44 bits per heavy atom. The first-order valence-corrected chi connectivity index (χ1v) is 16.5. The predicted octanol–water partition coefficient (Wildman–Crippen LogP) is 8.84. The molecule has 0 atom stereocenters. The van der Waals surface area contributed by atoms with Gasteiger partial charge in [-0.15, -0.1) is 11.3 Å². The van der Waals surface area contributed by atoms with Crippen LogP contribution in [0.4, 0.5) is 13.2 Å². The van der Waals surface area contributed by atoms with E-state index >= 15 is 0 Å². The smallest absolute Gasteiger partial charge is 0.381 e. The summed E-state index contributed by atoms with van der Waals surface area (Å²) in [5.41, 5.74) is 3.89. The number of rotatable bonds is 9. The van der Waals surface area contributed by atoms with E-state index in [0.29, 0.717) is 37.2 Å². The highest BCUT2D eigenvalue weighted by Gasteiger charge is 2.33. The summed E-state index contributed by atoms with van der Waals surface area (Å²) in [6.45, 7) is 12.6. The Balaban J connectivity index is 0.000000214. The van der Waals surface area contributed by atoms with E-state index < -0.39 is 11.7 Å². The van der Waals surface area contributed by atoms with Crippen LogP contribution in [-0.2, 0) is 36.7 Å². The van der Waals surface area contributed by atoms with Crippen LogP contribution in [0.5, 0.6) is 0 Å². The van der Waals surface area contributed by atoms with Crippen molar-refractivity contribution in [1.82, 2.24) is 14.3 Å². The first-order chi connectivity index (χ1) is 21.5. The molecule has 4 heterocycles. The quantitative estimate of drug-likeness (QED) is 0.135. The highest BCUT2D eigenvalue weighted by molar-refractivity contribution is 7.10. The first kappa shape index (κ1) is 36.0. The van der Waals surface area contributed by atoms with Gasteiger partial charge in [0.25, 0.3) is 5.91 Å². The van der Waals surface area contributed by atoms with Crippen LogP contribution >= 0.6 is 11.3 Å². The number of fused-ring (bicyclic) bond motifs is 2. The van der Waals surface area contributed by atoms with Crippen molar-refractivity contribution in [3.8, 4) is 0 Å². The number of pyridine rings is 1. The molecule has 0 spiro atoms. The van der Waals surface area contributed by atoms with Gasteiger partial charge in [0.05, 0.1) is 18.3 Å². The molecule has 1 aliphatic rings. The number of aryl methyl sites for hydroxylation is 2. The third kappa shape index (κ3) is 9.74. The van der Waals surface area contributed by atoms with Gasteiger partial charge in [-0.25, -0.2) is 4.98 Å². The van der Waals surface area contributed by atoms with Crippen LogP contribution in [0.2, 0.25) is 0 Å². The number of nitrogens with zero attached hydrogens (tertiary/aromatic N) is 3. The Labute approximate surface area is 268 Å². The van der Waals surface area contributed by atoms with E-state index in [1.165, 1.54) is 18.9 Å². The summed E-state index contributed by atoms with van der Waals surface area (Å²) < 4.78 is 44.7. The van der Waals surface area contributed by atoms with Crippen LogP contribution in [0.3, 0.4) is 0 Å². The van der Waals surface area contributed by atoms with Crippen LogP contribution < -0.4 is 0 Å². The number of imidazole rings is 1. The summed E-state index contributed by atoms with van der Waals surface area (Å²) in [6.07, 6.45) is 4.62. The lowest BCUT2D eigenvalue weighted by molar-refractivity contribution is -0.138. The summed E-state index contributed by atoms with van der Waals surface area (Å²) in [5, 5.41) is 1.91. The Morgan fingerprint density at radius 1 is 1.02 bits per heavy atom. The maximum absolute atomic E-state index is 12.8. The van der Waals surface area contributed by atoms with Crippen LogP contribution in [-0.4, -0.2) is 45.7 Å². The molecule has 0 aliphatic carbocycles. The van der Waals surface area contributed by atoms with E-state index in [9.17, 15) is 22.8 Å². The number of ketones is 1. The molecule has 5 rings (SSSR count). The van der Waals surface area contributed by atoms with Gasteiger partial charge >= 0.3 is 6.18 Å². The highest BCUT2D eigenvalue weighted by atomic mass is 32.1. The minimum absolute atomic E-state index is 0.0212. The molecular weight excluding hydrogens is 599 g/mol. The van der Waals surface area contributed by atoms with Crippen molar-refractivity contribution in [1.29, 1.82) is 0 Å². The van der Waals surface area contributed by atoms with E-state index in [4.69, 9.17) is 4.74 Å². The van der Waals surface area contributed by atoms with Crippen molar-refractivity contribution in [2.45, 2.75) is 85.9 Å². The maximum atomic E-state index is 12.8. The normalized spacial score (nSPS) is 12.6. The van der Waals surface area contributed by atoms with Crippen LogP contribution in [0, 0.1) is 0 Å². The summed E-state index contributed by atoms with van der Waals surface area (Å²) in [5.74, 6) is 0.0798. The molecule has 244 valence electrons. The summed E-state index contributed by atoms with van der Waals surface area (Å²) in [4.78, 5) is 31.7. The second kappa shape index (κ2) is 17.3. The van der Waals surface area contributed by atoms with Gasteiger partial charge in [0.2, 0.25) is 0 Å². The van der Waals surface area contributed by atoms with E-state index in [1.54, 1.807) is 43.5 Å². The number of halogens is 3. The molecule has 4 aromatic rings. The molecule has 0 saturated carbocycles. The van der Waals surface area contributed by atoms with Crippen molar-refractivity contribution in [2.75, 3.05) is 19.8 Å². The van der Waals surface area contributed by atoms with E-state index in [0.717, 1.165) is 53.3 Å². The average Bonchev–Trinajstić information content (AvgIpc) is 3.67. The maximum Gasteiger partial charge on any atom is 0.416 e. The largest absolute Gasteiger partial charge is 0.416 e. The first-order valence-electron chi connectivity index (χ1n) is 15.6. The number of carbonyl (C=O) groups is 2. The van der Waals surface area contributed by atoms with Crippen molar-refractivity contribution in [3.05, 3.63) is 92.6 Å². The van der Waals surface area contributed by atoms with E-state index in [2.05, 4.69) is 18.8 Å². The Bertz CT molecular complexity index is 1540. The fourth-order valence-electron chi connectivity index (χ4n) is 4.96. The average molecular weight is 644 g/mol. The number of alkyl halides is 3. The Kier molecular flexibility index (Phi) is 13.8. The van der Waals surface area contributed by atoms with Gasteiger partial charge < -0.3 is 9.64 Å². The lowest BCUT2D eigenvalue weighted by atomic mass is 10.0. The molecule has 0 bridgehead atoms. The zero-order valence-corrected chi connectivity index (χ0v) is 27.7. The second-order valence-electron chi connectivity index (χ2n) is 10.8. The van der Waals surface area contributed by atoms with Gasteiger partial charge in [0.1, 0.15) is 11.3 Å².